The minimum atomic E-state index is -0.138. The third-order valence-corrected chi connectivity index (χ3v) is 5.97. The van der Waals surface area contributed by atoms with E-state index in [2.05, 4.69) is 37.4 Å². The topological polar surface area (TPSA) is 29.1 Å². The fourth-order valence-corrected chi connectivity index (χ4v) is 4.22. The number of carbonyl (C=O) groups excluding carboxylic acids is 1. The van der Waals surface area contributed by atoms with Gasteiger partial charge in [0.25, 0.3) is 5.91 Å². The Labute approximate surface area is 154 Å². The maximum atomic E-state index is 12.4. The first-order valence-electron chi connectivity index (χ1n) is 7.44. The van der Waals surface area contributed by atoms with Crippen LogP contribution in [-0.4, -0.2) is 5.91 Å². The van der Waals surface area contributed by atoms with E-state index in [4.69, 9.17) is 11.6 Å². The molecular weight excluding hydrogens is 358 g/mol. The highest BCUT2D eigenvalue weighted by Gasteiger charge is 2.12. The number of hydrogen-bond acceptors (Lipinski definition) is 3. The highest BCUT2D eigenvalue weighted by Crippen LogP contribution is 2.35. The van der Waals surface area contributed by atoms with Gasteiger partial charge in [-0.2, -0.15) is 0 Å². The molecular formula is C19H16ClNOS2. The second-order valence-electron chi connectivity index (χ2n) is 5.43. The van der Waals surface area contributed by atoms with Crippen LogP contribution >= 0.6 is 34.7 Å². The minimum Gasteiger partial charge on any atom is -0.320 e. The van der Waals surface area contributed by atoms with E-state index in [-0.39, 0.29) is 5.91 Å². The Morgan fingerprint density at radius 3 is 2.54 bits per heavy atom. The van der Waals surface area contributed by atoms with Crippen molar-refractivity contribution in [1.29, 1.82) is 0 Å². The molecule has 0 atom stereocenters. The van der Waals surface area contributed by atoms with E-state index in [1.165, 1.54) is 27.4 Å². The van der Waals surface area contributed by atoms with Crippen LogP contribution in [0.2, 0.25) is 4.34 Å². The molecule has 3 rings (SSSR count). The molecule has 0 unspecified atom stereocenters. The summed E-state index contributed by atoms with van der Waals surface area (Å²) in [4.78, 5) is 15.2. The standard InChI is InChI=1S/C19H16ClNOS2/c1-12-7-8-15(13(2)11-12)23-16-6-4-3-5-14(16)21-19(22)17-9-10-18(20)24-17/h3-11H,1-2H3,(H,21,22). The average molecular weight is 374 g/mol. The third-order valence-electron chi connectivity index (χ3n) is 3.48. The van der Waals surface area contributed by atoms with E-state index >= 15 is 0 Å². The Morgan fingerprint density at radius 1 is 1.04 bits per heavy atom. The summed E-state index contributed by atoms with van der Waals surface area (Å²) in [6.07, 6.45) is 0. The first-order chi connectivity index (χ1) is 11.5. The number of halogens is 1. The van der Waals surface area contributed by atoms with Crippen molar-refractivity contribution in [1.82, 2.24) is 0 Å². The zero-order chi connectivity index (χ0) is 17.1. The second kappa shape index (κ2) is 7.43. The van der Waals surface area contributed by atoms with Crippen LogP contribution < -0.4 is 5.32 Å². The highest BCUT2D eigenvalue weighted by atomic mass is 35.5. The van der Waals surface area contributed by atoms with Crippen LogP contribution in [0.5, 0.6) is 0 Å². The lowest BCUT2D eigenvalue weighted by atomic mass is 10.2. The van der Waals surface area contributed by atoms with Gasteiger partial charge in [0.1, 0.15) is 0 Å². The number of amides is 1. The third kappa shape index (κ3) is 4.01. The quantitative estimate of drug-likeness (QED) is 0.571. The molecule has 0 fully saturated rings. The molecule has 0 saturated heterocycles. The molecule has 0 bridgehead atoms. The van der Waals surface area contributed by atoms with Gasteiger partial charge < -0.3 is 5.32 Å². The number of para-hydroxylation sites is 1. The molecule has 2 aromatic carbocycles. The molecule has 0 aliphatic rings. The van der Waals surface area contributed by atoms with Crippen molar-refractivity contribution >= 4 is 46.3 Å². The van der Waals surface area contributed by atoms with E-state index in [9.17, 15) is 4.79 Å². The van der Waals surface area contributed by atoms with Gasteiger partial charge in [-0.25, -0.2) is 0 Å². The van der Waals surface area contributed by atoms with Crippen molar-refractivity contribution in [3.63, 3.8) is 0 Å². The molecule has 1 aromatic heterocycles. The number of anilines is 1. The predicted octanol–water partition coefficient (Wildman–Crippen LogP) is 6.42. The average Bonchev–Trinajstić information content (AvgIpc) is 2.98. The number of hydrogen-bond donors (Lipinski definition) is 1. The van der Waals surface area contributed by atoms with Gasteiger partial charge in [0, 0.05) is 9.79 Å². The van der Waals surface area contributed by atoms with Crippen molar-refractivity contribution in [2.45, 2.75) is 23.6 Å². The fourth-order valence-electron chi connectivity index (χ4n) is 2.31. The summed E-state index contributed by atoms with van der Waals surface area (Å²) in [5, 5.41) is 2.98. The smallest absolute Gasteiger partial charge is 0.265 e. The van der Waals surface area contributed by atoms with E-state index in [0.717, 1.165) is 10.6 Å². The minimum absolute atomic E-state index is 0.138. The Kier molecular flexibility index (Phi) is 5.29. The lowest BCUT2D eigenvalue weighted by molar-refractivity contribution is 0.103. The molecule has 0 radical (unpaired) electrons. The zero-order valence-corrected chi connectivity index (χ0v) is 15.7. The van der Waals surface area contributed by atoms with Crippen molar-refractivity contribution < 1.29 is 4.79 Å². The maximum absolute atomic E-state index is 12.4. The van der Waals surface area contributed by atoms with Gasteiger partial charge in [0.15, 0.2) is 0 Å². The zero-order valence-electron chi connectivity index (χ0n) is 13.3. The largest absolute Gasteiger partial charge is 0.320 e. The predicted molar refractivity (Wildman–Crippen MR) is 104 cm³/mol. The van der Waals surface area contributed by atoms with Crippen molar-refractivity contribution in [2.24, 2.45) is 0 Å². The van der Waals surface area contributed by atoms with Gasteiger partial charge in [-0.3, -0.25) is 4.79 Å². The lowest BCUT2D eigenvalue weighted by Crippen LogP contribution is -2.10. The number of benzene rings is 2. The monoisotopic (exact) mass is 373 g/mol. The number of rotatable bonds is 4. The van der Waals surface area contributed by atoms with Gasteiger partial charge in [0.2, 0.25) is 0 Å². The summed E-state index contributed by atoms with van der Waals surface area (Å²) in [5.74, 6) is -0.138. The molecule has 1 N–H and O–H groups in total. The Balaban J connectivity index is 1.84. The van der Waals surface area contributed by atoms with Crippen LogP contribution in [0.3, 0.4) is 0 Å². The second-order valence-corrected chi connectivity index (χ2v) is 8.22. The summed E-state index contributed by atoms with van der Waals surface area (Å²) >= 11 is 8.84. The van der Waals surface area contributed by atoms with E-state index in [0.29, 0.717) is 9.21 Å². The van der Waals surface area contributed by atoms with Gasteiger partial charge in [-0.1, -0.05) is 53.2 Å². The van der Waals surface area contributed by atoms with Gasteiger partial charge in [-0.05, 0) is 49.7 Å². The van der Waals surface area contributed by atoms with Crippen LogP contribution in [0, 0.1) is 13.8 Å². The van der Waals surface area contributed by atoms with Crippen LogP contribution in [0.4, 0.5) is 5.69 Å². The molecule has 1 heterocycles. The number of carbonyl (C=O) groups is 1. The first-order valence-corrected chi connectivity index (χ1v) is 9.45. The van der Waals surface area contributed by atoms with Gasteiger partial charge in [-0.15, -0.1) is 11.3 Å². The number of nitrogens with one attached hydrogen (secondary N) is 1. The number of aryl methyl sites for hydroxylation is 2. The first kappa shape index (κ1) is 17.1. The fraction of sp³-hybridized carbons (Fsp3) is 0.105. The van der Waals surface area contributed by atoms with E-state index in [1.54, 1.807) is 23.9 Å². The van der Waals surface area contributed by atoms with Gasteiger partial charge in [0.05, 0.1) is 14.9 Å². The van der Waals surface area contributed by atoms with Crippen LogP contribution in [0.1, 0.15) is 20.8 Å². The summed E-state index contributed by atoms with van der Waals surface area (Å²) in [5.41, 5.74) is 3.27. The van der Waals surface area contributed by atoms with Crippen molar-refractivity contribution in [3.05, 3.63) is 74.9 Å². The molecule has 2 nitrogen and oxygen atoms in total. The van der Waals surface area contributed by atoms with Gasteiger partial charge >= 0.3 is 0 Å². The molecule has 0 aliphatic heterocycles. The summed E-state index contributed by atoms with van der Waals surface area (Å²) in [6, 6.07) is 17.7. The molecule has 3 aromatic rings. The van der Waals surface area contributed by atoms with E-state index < -0.39 is 0 Å². The molecule has 0 spiro atoms. The van der Waals surface area contributed by atoms with Crippen LogP contribution in [0.15, 0.2) is 64.4 Å². The lowest BCUT2D eigenvalue weighted by Gasteiger charge is -2.12. The molecule has 122 valence electrons. The maximum Gasteiger partial charge on any atom is 0.265 e. The summed E-state index contributed by atoms with van der Waals surface area (Å²) < 4.78 is 0.609. The number of thiophene rings is 1. The summed E-state index contributed by atoms with van der Waals surface area (Å²) in [6.45, 7) is 4.19. The summed E-state index contributed by atoms with van der Waals surface area (Å²) in [7, 11) is 0. The van der Waals surface area contributed by atoms with E-state index in [1.807, 2.05) is 24.3 Å². The SMILES string of the molecule is Cc1ccc(Sc2ccccc2NC(=O)c2ccc(Cl)s2)c(C)c1. The van der Waals surface area contributed by atoms with Crippen molar-refractivity contribution in [2.75, 3.05) is 5.32 Å². The normalized spacial score (nSPS) is 10.6. The molecule has 0 aliphatic carbocycles. The van der Waals surface area contributed by atoms with Crippen LogP contribution in [-0.2, 0) is 0 Å². The van der Waals surface area contributed by atoms with Crippen LogP contribution in [0.25, 0.3) is 0 Å². The van der Waals surface area contributed by atoms with Crippen molar-refractivity contribution in [3.8, 4) is 0 Å². The molecule has 0 saturated carbocycles. The molecule has 5 heteroatoms. The molecule has 1 amide bonds. The Bertz CT molecular complexity index is 889. The highest BCUT2D eigenvalue weighted by molar-refractivity contribution is 7.99. The molecule has 24 heavy (non-hydrogen) atoms. The Morgan fingerprint density at radius 2 is 1.83 bits per heavy atom. The Hall–Kier alpha value is -1.75.